The highest BCUT2D eigenvalue weighted by Crippen LogP contribution is 2.14. The van der Waals surface area contributed by atoms with Crippen LogP contribution in [0.15, 0.2) is 17.5 Å². The molecule has 3 heterocycles. The zero-order valence-electron chi connectivity index (χ0n) is 12.6. The summed E-state index contributed by atoms with van der Waals surface area (Å²) >= 11 is 1.48. The summed E-state index contributed by atoms with van der Waals surface area (Å²) < 4.78 is 5.26. The first-order chi connectivity index (χ1) is 10.7. The molecule has 0 aliphatic carbocycles. The van der Waals surface area contributed by atoms with Gasteiger partial charge in [0.1, 0.15) is 0 Å². The minimum Gasteiger partial charge on any atom is -0.378 e. The Kier molecular flexibility index (Phi) is 5.07. The van der Waals surface area contributed by atoms with Gasteiger partial charge in [0.15, 0.2) is 0 Å². The maximum Gasteiger partial charge on any atom is 0.264 e. The van der Waals surface area contributed by atoms with E-state index in [0.29, 0.717) is 45.9 Å². The molecule has 6 nitrogen and oxygen atoms in total. The molecule has 22 heavy (non-hydrogen) atoms. The van der Waals surface area contributed by atoms with Crippen molar-refractivity contribution in [1.29, 1.82) is 0 Å². The van der Waals surface area contributed by atoms with Crippen LogP contribution in [0.3, 0.4) is 0 Å². The van der Waals surface area contributed by atoms with E-state index in [4.69, 9.17) is 4.74 Å². The number of rotatable bonds is 3. The summed E-state index contributed by atoms with van der Waals surface area (Å²) in [6, 6.07) is 3.76. The lowest BCUT2D eigenvalue weighted by molar-refractivity contribution is -0.136. The zero-order valence-corrected chi connectivity index (χ0v) is 13.4. The Labute approximate surface area is 134 Å². The maximum atomic E-state index is 12.3. The summed E-state index contributed by atoms with van der Waals surface area (Å²) in [4.78, 5) is 31.2. The van der Waals surface area contributed by atoms with Crippen molar-refractivity contribution in [2.75, 3.05) is 59.0 Å². The van der Waals surface area contributed by atoms with Crippen LogP contribution in [0.5, 0.6) is 0 Å². The fourth-order valence-corrected chi connectivity index (χ4v) is 3.46. The molecular formula is C15H21N3O3S. The van der Waals surface area contributed by atoms with Crippen LogP contribution >= 0.6 is 11.3 Å². The first kappa shape index (κ1) is 15.5. The van der Waals surface area contributed by atoms with Gasteiger partial charge in [0, 0.05) is 39.3 Å². The van der Waals surface area contributed by atoms with Gasteiger partial charge in [-0.05, 0) is 11.4 Å². The topological polar surface area (TPSA) is 53.1 Å². The molecule has 2 aliphatic heterocycles. The van der Waals surface area contributed by atoms with Gasteiger partial charge >= 0.3 is 0 Å². The van der Waals surface area contributed by atoms with Gasteiger partial charge in [0.2, 0.25) is 5.91 Å². The van der Waals surface area contributed by atoms with E-state index in [1.54, 1.807) is 0 Å². The smallest absolute Gasteiger partial charge is 0.264 e. The highest BCUT2D eigenvalue weighted by Gasteiger charge is 2.25. The Morgan fingerprint density at radius 3 is 2.41 bits per heavy atom. The fourth-order valence-electron chi connectivity index (χ4n) is 2.77. The number of thiophene rings is 1. The summed E-state index contributed by atoms with van der Waals surface area (Å²) in [6.45, 7) is 5.98. The molecule has 120 valence electrons. The SMILES string of the molecule is O=C(CN1CCN(C(=O)c2cccs2)CC1)N1CCOCC1. The lowest BCUT2D eigenvalue weighted by Crippen LogP contribution is -2.52. The molecule has 1 aromatic rings. The molecule has 2 saturated heterocycles. The largest absolute Gasteiger partial charge is 0.378 e. The van der Waals surface area contributed by atoms with Crippen molar-refractivity contribution in [1.82, 2.24) is 14.7 Å². The second-order valence-electron chi connectivity index (χ2n) is 5.54. The van der Waals surface area contributed by atoms with Crippen LogP contribution in [0.25, 0.3) is 0 Å². The van der Waals surface area contributed by atoms with Crippen LogP contribution in [0, 0.1) is 0 Å². The number of hydrogen-bond acceptors (Lipinski definition) is 5. The minimum atomic E-state index is 0.106. The summed E-state index contributed by atoms with van der Waals surface area (Å²) in [6.07, 6.45) is 0. The minimum absolute atomic E-state index is 0.106. The predicted molar refractivity (Wildman–Crippen MR) is 84.1 cm³/mol. The molecule has 0 bridgehead atoms. The normalized spacial score (nSPS) is 20.2. The molecule has 2 fully saturated rings. The molecule has 3 rings (SSSR count). The van der Waals surface area contributed by atoms with Crippen molar-refractivity contribution >= 4 is 23.2 Å². The van der Waals surface area contributed by atoms with Crippen LogP contribution < -0.4 is 0 Å². The van der Waals surface area contributed by atoms with Crippen LogP contribution in [-0.2, 0) is 9.53 Å². The molecule has 2 amide bonds. The number of ether oxygens (including phenoxy) is 1. The molecular weight excluding hydrogens is 302 g/mol. The summed E-state index contributed by atoms with van der Waals surface area (Å²) in [5.74, 6) is 0.274. The van der Waals surface area contributed by atoms with Crippen molar-refractivity contribution < 1.29 is 14.3 Å². The first-order valence-electron chi connectivity index (χ1n) is 7.65. The zero-order chi connectivity index (χ0) is 15.4. The van der Waals surface area contributed by atoms with E-state index in [2.05, 4.69) is 4.90 Å². The third-order valence-corrected chi connectivity index (χ3v) is 4.97. The molecule has 0 atom stereocenters. The quantitative estimate of drug-likeness (QED) is 0.806. The number of carbonyl (C=O) groups excluding carboxylic acids is 2. The molecule has 0 unspecified atom stereocenters. The fraction of sp³-hybridized carbons (Fsp3) is 0.600. The monoisotopic (exact) mass is 323 g/mol. The van der Waals surface area contributed by atoms with Crippen molar-refractivity contribution in [2.45, 2.75) is 0 Å². The van der Waals surface area contributed by atoms with Gasteiger partial charge in [-0.2, -0.15) is 0 Å². The van der Waals surface area contributed by atoms with Gasteiger partial charge in [0.05, 0.1) is 24.6 Å². The Hall–Kier alpha value is -1.44. The summed E-state index contributed by atoms with van der Waals surface area (Å²) in [5.41, 5.74) is 0. The number of morpholine rings is 1. The van der Waals surface area contributed by atoms with Crippen LogP contribution in [0.2, 0.25) is 0 Å². The Morgan fingerprint density at radius 2 is 1.77 bits per heavy atom. The van der Waals surface area contributed by atoms with Crippen LogP contribution in [-0.4, -0.2) is 85.5 Å². The third-order valence-electron chi connectivity index (χ3n) is 4.11. The summed E-state index contributed by atoms with van der Waals surface area (Å²) in [7, 11) is 0. The second kappa shape index (κ2) is 7.21. The van der Waals surface area contributed by atoms with E-state index in [0.717, 1.165) is 18.0 Å². The molecule has 1 aromatic heterocycles. The molecule has 0 saturated carbocycles. The van der Waals surface area contributed by atoms with E-state index in [1.807, 2.05) is 27.3 Å². The van der Waals surface area contributed by atoms with Gasteiger partial charge in [-0.15, -0.1) is 11.3 Å². The van der Waals surface area contributed by atoms with E-state index in [-0.39, 0.29) is 11.8 Å². The van der Waals surface area contributed by atoms with E-state index >= 15 is 0 Å². The number of hydrogen-bond donors (Lipinski definition) is 0. The predicted octanol–water partition coefficient (Wildman–Crippen LogP) is 0.365. The van der Waals surface area contributed by atoms with Gasteiger partial charge < -0.3 is 14.5 Å². The van der Waals surface area contributed by atoms with E-state index in [9.17, 15) is 9.59 Å². The van der Waals surface area contributed by atoms with Gasteiger partial charge in [0.25, 0.3) is 5.91 Å². The third kappa shape index (κ3) is 3.66. The number of nitrogens with zero attached hydrogens (tertiary/aromatic N) is 3. The average Bonchev–Trinajstić information content (AvgIpc) is 3.10. The Morgan fingerprint density at radius 1 is 1.05 bits per heavy atom. The molecule has 0 aromatic carbocycles. The Balaban J connectivity index is 1.45. The van der Waals surface area contributed by atoms with Crippen molar-refractivity contribution in [3.63, 3.8) is 0 Å². The average molecular weight is 323 g/mol. The van der Waals surface area contributed by atoms with Gasteiger partial charge in [-0.1, -0.05) is 6.07 Å². The second-order valence-corrected chi connectivity index (χ2v) is 6.49. The van der Waals surface area contributed by atoms with Crippen molar-refractivity contribution in [2.24, 2.45) is 0 Å². The van der Waals surface area contributed by atoms with Crippen LogP contribution in [0.1, 0.15) is 9.67 Å². The number of piperazine rings is 1. The van der Waals surface area contributed by atoms with Gasteiger partial charge in [-0.3, -0.25) is 14.5 Å². The lowest BCUT2D eigenvalue weighted by atomic mass is 10.2. The van der Waals surface area contributed by atoms with Crippen molar-refractivity contribution in [3.8, 4) is 0 Å². The molecule has 2 aliphatic rings. The highest BCUT2D eigenvalue weighted by atomic mass is 32.1. The molecule has 0 N–H and O–H groups in total. The highest BCUT2D eigenvalue weighted by molar-refractivity contribution is 7.12. The molecule has 0 spiro atoms. The molecule has 0 radical (unpaired) electrons. The number of amides is 2. The van der Waals surface area contributed by atoms with Gasteiger partial charge in [-0.25, -0.2) is 0 Å². The summed E-state index contributed by atoms with van der Waals surface area (Å²) in [5, 5.41) is 1.92. The first-order valence-corrected chi connectivity index (χ1v) is 8.52. The Bertz CT molecular complexity index is 506. The maximum absolute atomic E-state index is 12.3. The van der Waals surface area contributed by atoms with E-state index < -0.39 is 0 Å². The van der Waals surface area contributed by atoms with E-state index in [1.165, 1.54) is 11.3 Å². The molecule has 7 heteroatoms. The van der Waals surface area contributed by atoms with Crippen molar-refractivity contribution in [3.05, 3.63) is 22.4 Å². The standard InChI is InChI=1S/C15H21N3O3S/c19-14(17-7-9-21-10-8-17)12-16-3-5-18(6-4-16)15(20)13-2-1-11-22-13/h1-2,11H,3-10,12H2. The number of carbonyl (C=O) groups is 2. The lowest BCUT2D eigenvalue weighted by Gasteiger charge is -2.35. The van der Waals surface area contributed by atoms with Crippen LogP contribution in [0.4, 0.5) is 0 Å².